The number of carbonyl (C=O) groups is 2. The fourth-order valence-corrected chi connectivity index (χ4v) is 4.75. The van der Waals surface area contributed by atoms with Crippen molar-refractivity contribution in [2.24, 2.45) is 0 Å². The number of amides is 1. The molecule has 0 spiro atoms. The monoisotopic (exact) mass is 484 g/mol. The summed E-state index contributed by atoms with van der Waals surface area (Å²) in [5.41, 5.74) is -0.959. The maximum Gasteiger partial charge on any atom is 0.330 e. The normalized spacial score (nSPS) is 11.5. The Morgan fingerprint density at radius 1 is 1.16 bits per heavy atom. The van der Waals surface area contributed by atoms with Crippen molar-refractivity contribution in [2.45, 2.75) is 24.3 Å². The molecule has 0 heterocycles. The predicted molar refractivity (Wildman–Crippen MR) is 121 cm³/mol. The number of carbonyl (C=O) groups excluding carboxylic acids is 2. The molecule has 166 valence electrons. The molecule has 1 amide bonds. The van der Waals surface area contributed by atoms with Gasteiger partial charge in [-0.15, -0.1) is 6.58 Å². The largest absolute Gasteiger partial charge is 0.467 e. The van der Waals surface area contributed by atoms with Crippen LogP contribution >= 0.6 is 23.2 Å². The van der Waals surface area contributed by atoms with Gasteiger partial charge in [-0.1, -0.05) is 29.3 Å². The van der Waals surface area contributed by atoms with E-state index in [9.17, 15) is 18.0 Å². The maximum absolute atomic E-state index is 13.4. The highest BCUT2D eigenvalue weighted by Gasteiger charge is 2.32. The van der Waals surface area contributed by atoms with Gasteiger partial charge in [-0.2, -0.15) is 0 Å². The van der Waals surface area contributed by atoms with E-state index in [1.807, 2.05) is 0 Å². The Hall–Kier alpha value is -2.55. The number of ether oxygens (including phenoxy) is 1. The molecule has 1 N–H and O–H groups in total. The summed E-state index contributed by atoms with van der Waals surface area (Å²) in [4.78, 5) is 24.2. The second kappa shape index (κ2) is 9.72. The smallest absolute Gasteiger partial charge is 0.330 e. The van der Waals surface area contributed by atoms with Crippen LogP contribution in [0, 0.1) is 0 Å². The molecule has 0 fully saturated rings. The van der Waals surface area contributed by atoms with Crippen LogP contribution in [0.3, 0.4) is 0 Å². The summed E-state index contributed by atoms with van der Waals surface area (Å²) < 4.78 is 32.6. The van der Waals surface area contributed by atoms with Crippen molar-refractivity contribution >= 4 is 50.8 Å². The van der Waals surface area contributed by atoms with Crippen LogP contribution in [0.2, 0.25) is 10.0 Å². The van der Waals surface area contributed by atoms with Gasteiger partial charge in [0.1, 0.15) is 10.4 Å². The van der Waals surface area contributed by atoms with Gasteiger partial charge in [0.05, 0.1) is 24.4 Å². The summed E-state index contributed by atoms with van der Waals surface area (Å²) in [7, 11) is -2.96. The number of anilines is 1. The number of hydrogen-bond acceptors (Lipinski definition) is 5. The van der Waals surface area contributed by atoms with Crippen molar-refractivity contribution in [3.63, 3.8) is 0 Å². The van der Waals surface area contributed by atoms with Crippen LogP contribution < -0.4 is 9.62 Å². The number of sulfonamides is 1. The standard InChI is InChI=1S/C21H22Cl2N2O5S/c1-5-12-25(16-9-7-15(22)8-10-16)31(28,29)18-13-14(6-11-17(18)23)19(26)24-21(2,3)20(27)30-4/h5-11,13H,1,12H2,2-4H3,(H,24,26). The van der Waals surface area contributed by atoms with Crippen molar-refractivity contribution in [3.05, 3.63) is 70.7 Å². The van der Waals surface area contributed by atoms with Crippen LogP contribution in [-0.4, -0.2) is 39.5 Å². The van der Waals surface area contributed by atoms with Crippen molar-refractivity contribution in [2.75, 3.05) is 18.0 Å². The molecule has 0 saturated heterocycles. The molecular formula is C21H22Cl2N2O5S. The fourth-order valence-electron chi connectivity index (χ4n) is 2.69. The summed E-state index contributed by atoms with van der Waals surface area (Å²) in [6.07, 6.45) is 1.43. The number of halogens is 2. The summed E-state index contributed by atoms with van der Waals surface area (Å²) >= 11 is 12.1. The lowest BCUT2D eigenvalue weighted by atomic mass is 10.1. The number of nitrogens with zero attached hydrogens (tertiary/aromatic N) is 1. The molecule has 31 heavy (non-hydrogen) atoms. The van der Waals surface area contributed by atoms with Gasteiger partial charge < -0.3 is 10.1 Å². The summed E-state index contributed by atoms with van der Waals surface area (Å²) in [6, 6.07) is 10.0. The van der Waals surface area contributed by atoms with E-state index in [1.54, 1.807) is 24.3 Å². The van der Waals surface area contributed by atoms with E-state index >= 15 is 0 Å². The zero-order valence-electron chi connectivity index (χ0n) is 17.2. The Morgan fingerprint density at radius 3 is 2.32 bits per heavy atom. The van der Waals surface area contributed by atoms with Gasteiger partial charge >= 0.3 is 5.97 Å². The highest BCUT2D eigenvalue weighted by molar-refractivity contribution is 7.93. The molecule has 0 aromatic heterocycles. The molecular weight excluding hydrogens is 463 g/mol. The lowest BCUT2D eigenvalue weighted by Gasteiger charge is -2.25. The first-order valence-corrected chi connectivity index (χ1v) is 11.2. The zero-order valence-corrected chi connectivity index (χ0v) is 19.5. The van der Waals surface area contributed by atoms with Gasteiger partial charge in [-0.05, 0) is 56.3 Å². The molecule has 0 atom stereocenters. The molecule has 0 saturated carbocycles. The number of esters is 1. The molecule has 7 nitrogen and oxygen atoms in total. The molecule has 2 aromatic carbocycles. The Kier molecular flexibility index (Phi) is 7.75. The molecule has 10 heteroatoms. The Balaban J connectivity index is 2.49. The lowest BCUT2D eigenvalue weighted by Crippen LogP contribution is -2.50. The van der Waals surface area contributed by atoms with Gasteiger partial charge in [0, 0.05) is 10.6 Å². The third kappa shape index (κ3) is 5.58. The Bertz CT molecular complexity index is 1100. The van der Waals surface area contributed by atoms with Crippen LogP contribution in [0.25, 0.3) is 0 Å². The minimum Gasteiger partial charge on any atom is -0.467 e. The maximum atomic E-state index is 13.4. The average molecular weight is 485 g/mol. The zero-order chi connectivity index (χ0) is 23.4. The molecule has 0 aliphatic carbocycles. The molecule has 0 bridgehead atoms. The second-order valence-electron chi connectivity index (χ2n) is 7.02. The van der Waals surface area contributed by atoms with Crippen molar-refractivity contribution in [1.29, 1.82) is 0 Å². The molecule has 2 rings (SSSR count). The second-order valence-corrected chi connectivity index (χ2v) is 9.69. The SMILES string of the molecule is C=CCN(c1ccc(Cl)cc1)S(=O)(=O)c1cc(C(=O)NC(C)(C)C(=O)OC)ccc1Cl. The summed E-state index contributed by atoms with van der Waals surface area (Å²) in [6.45, 7) is 6.51. The molecule has 2 aromatic rings. The topological polar surface area (TPSA) is 92.8 Å². The van der Waals surface area contributed by atoms with Gasteiger partial charge in [0.25, 0.3) is 15.9 Å². The predicted octanol–water partition coefficient (Wildman–Crippen LogP) is 4.06. The van der Waals surface area contributed by atoms with Gasteiger partial charge in [0.15, 0.2) is 0 Å². The molecule has 0 radical (unpaired) electrons. The number of hydrogen-bond donors (Lipinski definition) is 1. The Morgan fingerprint density at radius 2 is 1.77 bits per heavy atom. The van der Waals surface area contributed by atoms with Crippen molar-refractivity contribution < 1.29 is 22.7 Å². The first-order chi connectivity index (χ1) is 14.4. The van der Waals surface area contributed by atoms with E-state index in [1.165, 1.54) is 39.2 Å². The number of methoxy groups -OCH3 is 1. The van der Waals surface area contributed by atoms with E-state index < -0.39 is 27.4 Å². The van der Waals surface area contributed by atoms with Crippen molar-refractivity contribution in [3.8, 4) is 0 Å². The van der Waals surface area contributed by atoms with Gasteiger partial charge in [-0.3, -0.25) is 9.10 Å². The molecule has 0 aliphatic rings. The van der Waals surface area contributed by atoms with Crippen molar-refractivity contribution in [1.82, 2.24) is 5.32 Å². The van der Waals surface area contributed by atoms with E-state index in [0.717, 1.165) is 10.4 Å². The molecule has 0 aliphatic heterocycles. The molecule has 0 unspecified atom stereocenters. The first kappa shape index (κ1) is 24.7. The fraction of sp³-hybridized carbons (Fsp3) is 0.238. The summed E-state index contributed by atoms with van der Waals surface area (Å²) in [5.74, 6) is -1.31. The van der Waals surface area contributed by atoms with E-state index in [-0.39, 0.29) is 22.0 Å². The highest BCUT2D eigenvalue weighted by atomic mass is 35.5. The lowest BCUT2D eigenvalue weighted by molar-refractivity contribution is -0.146. The number of benzene rings is 2. The van der Waals surface area contributed by atoms with Gasteiger partial charge in [0.2, 0.25) is 0 Å². The summed E-state index contributed by atoms with van der Waals surface area (Å²) in [5, 5.41) is 2.90. The van der Waals surface area contributed by atoms with Crippen LogP contribution in [0.5, 0.6) is 0 Å². The van der Waals surface area contributed by atoms with E-state index in [2.05, 4.69) is 16.6 Å². The minimum atomic E-state index is -4.17. The van der Waals surface area contributed by atoms with Crippen LogP contribution in [-0.2, 0) is 19.6 Å². The third-order valence-electron chi connectivity index (χ3n) is 4.29. The Labute approximate surface area is 191 Å². The van der Waals surface area contributed by atoms with E-state index in [0.29, 0.717) is 10.7 Å². The number of nitrogens with one attached hydrogen (secondary N) is 1. The van der Waals surface area contributed by atoms with Crippen LogP contribution in [0.15, 0.2) is 60.0 Å². The van der Waals surface area contributed by atoms with Gasteiger partial charge in [-0.25, -0.2) is 13.2 Å². The van der Waals surface area contributed by atoms with Crippen LogP contribution in [0.4, 0.5) is 5.69 Å². The van der Waals surface area contributed by atoms with Crippen LogP contribution in [0.1, 0.15) is 24.2 Å². The quantitative estimate of drug-likeness (QED) is 0.450. The number of rotatable bonds is 8. The first-order valence-electron chi connectivity index (χ1n) is 9.03. The van der Waals surface area contributed by atoms with E-state index in [4.69, 9.17) is 23.2 Å². The minimum absolute atomic E-state index is 0.00890. The highest BCUT2D eigenvalue weighted by Crippen LogP contribution is 2.30. The average Bonchev–Trinajstić information content (AvgIpc) is 2.71. The third-order valence-corrected chi connectivity index (χ3v) is 6.82.